The van der Waals surface area contributed by atoms with Crippen molar-refractivity contribution >= 4 is 52.5 Å². The minimum atomic E-state index is -4.65. The molecule has 11 heteroatoms. The van der Waals surface area contributed by atoms with Gasteiger partial charge < -0.3 is 15.4 Å². The molecule has 0 saturated heterocycles. The van der Waals surface area contributed by atoms with E-state index in [-0.39, 0.29) is 28.6 Å². The quantitative estimate of drug-likeness (QED) is 0.374. The third-order valence-electron chi connectivity index (χ3n) is 5.20. The number of fused-ring (bicyclic) bond motifs is 1. The van der Waals surface area contributed by atoms with Gasteiger partial charge in [-0.25, -0.2) is 0 Å². The predicted molar refractivity (Wildman–Crippen MR) is 130 cm³/mol. The zero-order valence-electron chi connectivity index (χ0n) is 18.3. The van der Waals surface area contributed by atoms with E-state index in [1.807, 2.05) is 0 Å². The van der Waals surface area contributed by atoms with Crippen LogP contribution in [0.1, 0.15) is 23.7 Å². The molecule has 0 aliphatic carbocycles. The average Bonchev–Trinajstić information content (AvgIpc) is 2.84. The summed E-state index contributed by atoms with van der Waals surface area (Å²) in [6, 6.07) is 17.6. The molecule has 36 heavy (non-hydrogen) atoms. The smallest absolute Gasteiger partial charge is 0.416 e. The summed E-state index contributed by atoms with van der Waals surface area (Å²) in [5.41, 5.74) is -0.363. The highest BCUT2D eigenvalue weighted by molar-refractivity contribution is 8.01. The van der Waals surface area contributed by atoms with Crippen LogP contribution in [0.5, 0.6) is 0 Å². The molecule has 6 nitrogen and oxygen atoms in total. The first kappa shape index (κ1) is 25.6. The number of nitrogens with one attached hydrogen (secondary N) is 2. The first-order valence-electron chi connectivity index (χ1n) is 10.6. The molecule has 0 radical (unpaired) electrons. The lowest BCUT2D eigenvalue weighted by Gasteiger charge is -2.24. The van der Waals surface area contributed by atoms with E-state index in [1.165, 1.54) is 23.9 Å². The number of rotatable bonds is 6. The van der Waals surface area contributed by atoms with Crippen LogP contribution in [0.3, 0.4) is 0 Å². The maximum Gasteiger partial charge on any atom is 0.416 e. The Bertz CT molecular complexity index is 1300. The largest absolute Gasteiger partial charge is 0.447 e. The molecule has 3 aromatic rings. The van der Waals surface area contributed by atoms with Gasteiger partial charge in [0, 0.05) is 10.5 Å². The number of hydrogen-bond acceptors (Lipinski definition) is 5. The van der Waals surface area contributed by atoms with Gasteiger partial charge in [-0.1, -0.05) is 54.1 Å². The second-order valence-corrected chi connectivity index (χ2v) is 9.41. The van der Waals surface area contributed by atoms with Gasteiger partial charge in [0.05, 0.1) is 33.6 Å². The molecule has 186 valence electrons. The molecular weight excluding hydrogens is 517 g/mol. The van der Waals surface area contributed by atoms with Crippen molar-refractivity contribution in [2.75, 3.05) is 10.6 Å². The van der Waals surface area contributed by atoms with E-state index < -0.39 is 35.0 Å². The van der Waals surface area contributed by atoms with E-state index in [1.54, 1.807) is 42.5 Å². The fraction of sp³-hybridized carbons (Fsp3) is 0.160. The second-order valence-electron chi connectivity index (χ2n) is 7.76. The molecule has 0 unspecified atom stereocenters. The van der Waals surface area contributed by atoms with Gasteiger partial charge in [-0.2, -0.15) is 13.2 Å². The summed E-state index contributed by atoms with van der Waals surface area (Å²) in [7, 11) is 0. The Labute approximate surface area is 213 Å². The number of esters is 1. The normalized spacial score (nSPS) is 15.9. The van der Waals surface area contributed by atoms with Crippen molar-refractivity contribution < 1.29 is 32.3 Å². The Balaban J connectivity index is 1.52. The molecule has 0 bridgehead atoms. The first-order valence-corrected chi connectivity index (χ1v) is 11.9. The number of anilines is 2. The van der Waals surface area contributed by atoms with Crippen LogP contribution < -0.4 is 10.6 Å². The van der Waals surface area contributed by atoms with Crippen LogP contribution in [0.4, 0.5) is 24.5 Å². The lowest BCUT2D eigenvalue weighted by Crippen LogP contribution is -2.33. The predicted octanol–water partition coefficient (Wildman–Crippen LogP) is 6.08. The maximum atomic E-state index is 13.1. The Kier molecular flexibility index (Phi) is 7.56. The number of para-hydroxylation sites is 1. The summed E-state index contributed by atoms with van der Waals surface area (Å²) >= 11 is 7.19. The Morgan fingerprint density at radius 1 is 1.06 bits per heavy atom. The van der Waals surface area contributed by atoms with Gasteiger partial charge in [0.2, 0.25) is 12.0 Å². The first-order chi connectivity index (χ1) is 17.1. The average molecular weight is 535 g/mol. The molecule has 0 fully saturated rings. The Hall–Kier alpha value is -3.50. The number of benzene rings is 3. The molecule has 2 N–H and O–H groups in total. The molecule has 4 rings (SSSR count). The summed E-state index contributed by atoms with van der Waals surface area (Å²) in [6.45, 7) is 0. The van der Waals surface area contributed by atoms with Gasteiger partial charge >= 0.3 is 12.1 Å². The highest BCUT2D eigenvalue weighted by Gasteiger charge is 2.34. The van der Waals surface area contributed by atoms with Crippen LogP contribution in [-0.2, 0) is 25.3 Å². The number of carbonyl (C=O) groups excluding carboxylic acids is 3. The van der Waals surface area contributed by atoms with Crippen molar-refractivity contribution in [1.82, 2.24) is 0 Å². The van der Waals surface area contributed by atoms with E-state index in [9.17, 15) is 27.6 Å². The highest BCUT2D eigenvalue weighted by Crippen LogP contribution is 2.37. The number of halogens is 4. The summed E-state index contributed by atoms with van der Waals surface area (Å²) in [6.07, 6.45) is -6.47. The topological polar surface area (TPSA) is 84.5 Å². The molecule has 0 spiro atoms. The zero-order chi connectivity index (χ0) is 25.9. The summed E-state index contributed by atoms with van der Waals surface area (Å²) in [4.78, 5) is 39.1. The van der Waals surface area contributed by atoms with Crippen molar-refractivity contribution in [3.05, 3.63) is 88.9 Å². The van der Waals surface area contributed by atoms with Crippen molar-refractivity contribution in [3.8, 4) is 0 Å². The van der Waals surface area contributed by atoms with Crippen molar-refractivity contribution in [2.24, 2.45) is 0 Å². The molecule has 0 aromatic heterocycles. The minimum absolute atomic E-state index is 0.122. The molecule has 0 saturated carbocycles. The lowest BCUT2D eigenvalue weighted by molar-refractivity contribution is -0.155. The number of amides is 2. The molecule has 2 amide bonds. The SMILES string of the molecule is O=C(C[C@H]1Sc2ccccc2NC1=O)O[C@H](C(=O)Nc1cc(C(F)(F)F)ccc1Cl)c1ccccc1. The lowest BCUT2D eigenvalue weighted by atomic mass is 10.1. The standard InChI is InChI=1S/C25H18ClF3N2O4S/c26-16-11-10-15(25(27,28)29)12-18(16)31-24(34)22(14-6-2-1-3-7-14)35-21(32)13-20-23(33)30-17-8-4-5-9-19(17)36-20/h1-12,20,22H,13H2,(H,30,33)(H,31,34)/t20-,22+/m1/s1. The zero-order valence-corrected chi connectivity index (χ0v) is 19.9. The van der Waals surface area contributed by atoms with E-state index >= 15 is 0 Å². The van der Waals surface area contributed by atoms with Crippen molar-refractivity contribution in [3.63, 3.8) is 0 Å². The molecule has 1 heterocycles. The van der Waals surface area contributed by atoms with E-state index in [2.05, 4.69) is 10.6 Å². The summed E-state index contributed by atoms with van der Waals surface area (Å²) in [5.74, 6) is -2.12. The number of alkyl halides is 3. The van der Waals surface area contributed by atoms with Gasteiger partial charge in [0.25, 0.3) is 5.91 Å². The molecule has 2 atom stereocenters. The summed E-state index contributed by atoms with van der Waals surface area (Å²) < 4.78 is 44.8. The van der Waals surface area contributed by atoms with Crippen LogP contribution in [0.2, 0.25) is 5.02 Å². The van der Waals surface area contributed by atoms with Gasteiger partial charge in [-0.05, 0) is 30.3 Å². The third kappa shape index (κ3) is 6.00. The van der Waals surface area contributed by atoms with Gasteiger partial charge in [-0.15, -0.1) is 11.8 Å². The van der Waals surface area contributed by atoms with Gasteiger partial charge in [-0.3, -0.25) is 14.4 Å². The van der Waals surface area contributed by atoms with Crippen LogP contribution in [0.25, 0.3) is 0 Å². The fourth-order valence-electron chi connectivity index (χ4n) is 3.45. The molecule has 1 aliphatic rings. The van der Waals surface area contributed by atoms with Crippen molar-refractivity contribution in [2.45, 2.75) is 28.8 Å². The van der Waals surface area contributed by atoms with Crippen molar-refractivity contribution in [1.29, 1.82) is 0 Å². The van der Waals surface area contributed by atoms with Gasteiger partial charge in [0.1, 0.15) is 0 Å². The number of hydrogen-bond donors (Lipinski definition) is 2. The number of ether oxygens (including phenoxy) is 1. The van der Waals surface area contributed by atoms with E-state index in [4.69, 9.17) is 16.3 Å². The summed E-state index contributed by atoms with van der Waals surface area (Å²) in [5, 5.41) is 4.14. The Morgan fingerprint density at radius 2 is 1.75 bits per heavy atom. The van der Waals surface area contributed by atoms with Crippen LogP contribution in [-0.4, -0.2) is 23.0 Å². The van der Waals surface area contributed by atoms with Gasteiger partial charge in [0.15, 0.2) is 0 Å². The Morgan fingerprint density at radius 3 is 2.47 bits per heavy atom. The van der Waals surface area contributed by atoms with Crippen LogP contribution in [0.15, 0.2) is 77.7 Å². The monoisotopic (exact) mass is 534 g/mol. The minimum Gasteiger partial charge on any atom is -0.447 e. The fourth-order valence-corrected chi connectivity index (χ4v) is 4.71. The maximum absolute atomic E-state index is 13.1. The molecular formula is C25H18ClF3N2O4S. The van der Waals surface area contributed by atoms with Crippen LogP contribution in [0, 0.1) is 0 Å². The second kappa shape index (κ2) is 10.6. The number of thioether (sulfide) groups is 1. The highest BCUT2D eigenvalue weighted by atomic mass is 35.5. The number of carbonyl (C=O) groups is 3. The third-order valence-corrected chi connectivity index (χ3v) is 6.80. The van der Waals surface area contributed by atoms with E-state index in [0.717, 1.165) is 17.0 Å². The van der Waals surface area contributed by atoms with E-state index in [0.29, 0.717) is 11.8 Å². The molecule has 1 aliphatic heterocycles. The molecule has 3 aromatic carbocycles. The van der Waals surface area contributed by atoms with Crippen LogP contribution >= 0.6 is 23.4 Å².